The van der Waals surface area contributed by atoms with Gasteiger partial charge in [0.1, 0.15) is 24.2 Å². The summed E-state index contributed by atoms with van der Waals surface area (Å²) in [6.45, 7) is -0.107. The fourth-order valence-corrected chi connectivity index (χ4v) is 3.50. The molecule has 0 radical (unpaired) electrons. The van der Waals surface area contributed by atoms with Crippen LogP contribution in [0.15, 0.2) is 102 Å². The number of furan rings is 1. The highest BCUT2D eigenvalue weighted by atomic mass is 16.5. The first-order valence-electron chi connectivity index (χ1n) is 12.8. The van der Waals surface area contributed by atoms with Crippen LogP contribution in [0.25, 0.3) is 0 Å². The SMILES string of the molecule is CN(C(=O)COc1ccccc1)c1ccccc1C(=O)NCc1ccco1.COc1ccccc1OCC(O)CO. The Balaban J connectivity index is 0.000000278. The molecule has 1 atom stereocenters. The standard InChI is InChI=1S/C21H20N2O4.C10H14O4/c1-23(20(24)15-27-16-8-3-2-4-9-16)19-12-6-5-11-18(19)21(25)22-14-17-10-7-13-26-17;1-13-9-4-2-3-5-10(9)14-7-8(12)6-11/h2-13H,14-15H2,1H3,(H,22,25);2-5,8,11-12H,6-7H2,1H3. The van der Waals surface area contributed by atoms with Crippen molar-refractivity contribution in [2.45, 2.75) is 12.6 Å². The second kappa shape index (κ2) is 16.3. The second-order valence-corrected chi connectivity index (χ2v) is 8.63. The zero-order valence-electron chi connectivity index (χ0n) is 22.9. The summed E-state index contributed by atoms with van der Waals surface area (Å²) < 4.78 is 21.0. The van der Waals surface area contributed by atoms with Gasteiger partial charge in [0, 0.05) is 7.05 Å². The number of nitrogens with one attached hydrogen (secondary N) is 1. The topological polar surface area (TPSA) is 131 Å². The first kappa shape index (κ1) is 30.7. The molecule has 2 amide bonds. The molecule has 4 rings (SSSR count). The van der Waals surface area contributed by atoms with E-state index < -0.39 is 6.10 Å². The predicted octanol–water partition coefficient (Wildman–Crippen LogP) is 3.68. The van der Waals surface area contributed by atoms with Gasteiger partial charge >= 0.3 is 0 Å². The number of hydrogen-bond donors (Lipinski definition) is 3. The lowest BCUT2D eigenvalue weighted by Crippen LogP contribution is -2.33. The number of hydrogen-bond acceptors (Lipinski definition) is 8. The molecule has 0 saturated heterocycles. The number of aliphatic hydroxyl groups excluding tert-OH is 2. The minimum atomic E-state index is -0.861. The average Bonchev–Trinajstić information content (AvgIpc) is 3.55. The van der Waals surface area contributed by atoms with Crippen molar-refractivity contribution >= 4 is 17.5 Å². The molecule has 3 N–H and O–H groups in total. The Kier molecular flexibility index (Phi) is 12.2. The molecule has 1 heterocycles. The summed E-state index contributed by atoms with van der Waals surface area (Å²) in [5.74, 6) is 1.89. The highest BCUT2D eigenvalue weighted by molar-refractivity contribution is 6.04. The van der Waals surface area contributed by atoms with Gasteiger partial charge in [0.05, 0.1) is 37.8 Å². The van der Waals surface area contributed by atoms with Gasteiger partial charge in [0.15, 0.2) is 18.1 Å². The van der Waals surface area contributed by atoms with Crippen LogP contribution in [-0.4, -0.2) is 62.1 Å². The summed E-state index contributed by atoms with van der Waals surface area (Å²) >= 11 is 0. The van der Waals surface area contributed by atoms with Crippen LogP contribution < -0.4 is 24.4 Å². The third kappa shape index (κ3) is 9.71. The van der Waals surface area contributed by atoms with Gasteiger partial charge in [-0.25, -0.2) is 0 Å². The molecule has 0 bridgehead atoms. The van der Waals surface area contributed by atoms with E-state index in [2.05, 4.69) is 5.32 Å². The maximum Gasteiger partial charge on any atom is 0.264 e. The Labute approximate surface area is 238 Å². The molecule has 1 aromatic heterocycles. The molecular weight excluding hydrogens is 528 g/mol. The fraction of sp³-hybridized carbons (Fsp3) is 0.226. The zero-order chi connectivity index (χ0) is 29.5. The molecule has 3 aromatic carbocycles. The monoisotopic (exact) mass is 562 g/mol. The van der Waals surface area contributed by atoms with Crippen molar-refractivity contribution < 1.29 is 38.4 Å². The van der Waals surface area contributed by atoms with E-state index >= 15 is 0 Å². The van der Waals surface area contributed by atoms with E-state index in [9.17, 15) is 9.59 Å². The summed E-state index contributed by atoms with van der Waals surface area (Å²) in [6, 6.07) is 26.7. The Bertz CT molecular complexity index is 1350. The van der Waals surface area contributed by atoms with Crippen LogP contribution in [0.1, 0.15) is 16.1 Å². The van der Waals surface area contributed by atoms with Gasteiger partial charge in [-0.05, 0) is 48.5 Å². The highest BCUT2D eigenvalue weighted by Crippen LogP contribution is 2.25. The van der Waals surface area contributed by atoms with E-state index in [0.29, 0.717) is 34.3 Å². The van der Waals surface area contributed by atoms with Crippen molar-refractivity contribution in [3.63, 3.8) is 0 Å². The first-order chi connectivity index (χ1) is 19.9. The van der Waals surface area contributed by atoms with Gasteiger partial charge in [-0.3, -0.25) is 9.59 Å². The van der Waals surface area contributed by atoms with Gasteiger partial charge in [0.2, 0.25) is 0 Å². The second-order valence-electron chi connectivity index (χ2n) is 8.63. The first-order valence-corrected chi connectivity index (χ1v) is 12.8. The van der Waals surface area contributed by atoms with Gasteiger partial charge in [-0.2, -0.15) is 0 Å². The average molecular weight is 563 g/mol. The maximum atomic E-state index is 12.5. The summed E-state index contributed by atoms with van der Waals surface area (Å²) in [5, 5.41) is 20.4. The number of likely N-dealkylation sites (N-methyl/N-ethyl adjacent to an activating group) is 1. The lowest BCUT2D eigenvalue weighted by molar-refractivity contribution is -0.120. The Morgan fingerprint density at radius 2 is 1.59 bits per heavy atom. The van der Waals surface area contributed by atoms with E-state index in [0.717, 1.165) is 0 Å². The van der Waals surface area contributed by atoms with Crippen molar-refractivity contribution in [1.29, 1.82) is 0 Å². The highest BCUT2D eigenvalue weighted by Gasteiger charge is 2.19. The normalized spacial score (nSPS) is 10.9. The van der Waals surface area contributed by atoms with Crippen LogP contribution in [0.3, 0.4) is 0 Å². The van der Waals surface area contributed by atoms with Gasteiger partial charge in [-0.1, -0.05) is 42.5 Å². The van der Waals surface area contributed by atoms with E-state index in [1.807, 2.05) is 30.3 Å². The smallest absolute Gasteiger partial charge is 0.264 e. The van der Waals surface area contributed by atoms with Gasteiger partial charge in [-0.15, -0.1) is 0 Å². The molecule has 41 heavy (non-hydrogen) atoms. The van der Waals surface area contributed by atoms with Crippen molar-refractivity contribution in [2.75, 3.05) is 38.9 Å². The Morgan fingerprint density at radius 3 is 2.27 bits per heavy atom. The Morgan fingerprint density at radius 1 is 0.902 bits per heavy atom. The van der Waals surface area contributed by atoms with Crippen molar-refractivity contribution in [2.24, 2.45) is 0 Å². The number of benzene rings is 3. The number of rotatable bonds is 12. The zero-order valence-corrected chi connectivity index (χ0v) is 22.9. The molecule has 4 aromatic rings. The molecular formula is C31H34N2O8. The van der Waals surface area contributed by atoms with Crippen molar-refractivity contribution in [3.8, 4) is 17.2 Å². The predicted molar refractivity (Wildman–Crippen MR) is 153 cm³/mol. The quantitative estimate of drug-likeness (QED) is 0.238. The number of aliphatic hydroxyl groups is 2. The van der Waals surface area contributed by atoms with Gasteiger partial charge < -0.3 is 39.1 Å². The molecule has 0 saturated carbocycles. The third-order valence-corrected chi connectivity index (χ3v) is 5.70. The number of para-hydroxylation sites is 4. The molecule has 0 aliphatic heterocycles. The summed E-state index contributed by atoms with van der Waals surface area (Å²) in [4.78, 5) is 26.5. The lowest BCUT2D eigenvalue weighted by atomic mass is 10.1. The molecule has 10 nitrogen and oxygen atoms in total. The largest absolute Gasteiger partial charge is 0.493 e. The molecule has 0 aliphatic rings. The number of methoxy groups -OCH3 is 1. The van der Waals surface area contributed by atoms with Crippen LogP contribution in [0.5, 0.6) is 17.2 Å². The van der Waals surface area contributed by atoms with Crippen LogP contribution >= 0.6 is 0 Å². The number of anilines is 1. The van der Waals surface area contributed by atoms with Crippen LogP contribution in [0.4, 0.5) is 5.69 Å². The molecule has 0 spiro atoms. The number of ether oxygens (including phenoxy) is 3. The summed E-state index contributed by atoms with van der Waals surface area (Å²) in [6.07, 6.45) is 0.689. The number of carbonyl (C=O) groups is 2. The van der Waals surface area contributed by atoms with Crippen LogP contribution in [0, 0.1) is 0 Å². The van der Waals surface area contributed by atoms with E-state index in [-0.39, 0.29) is 38.2 Å². The van der Waals surface area contributed by atoms with E-state index in [1.165, 1.54) is 4.90 Å². The number of carbonyl (C=O) groups excluding carboxylic acids is 2. The molecule has 1 unspecified atom stereocenters. The number of nitrogens with zero attached hydrogens (tertiary/aromatic N) is 1. The van der Waals surface area contributed by atoms with Crippen LogP contribution in [0.2, 0.25) is 0 Å². The molecule has 0 aliphatic carbocycles. The van der Waals surface area contributed by atoms with E-state index in [1.54, 1.807) is 81.1 Å². The minimum Gasteiger partial charge on any atom is -0.493 e. The van der Waals surface area contributed by atoms with Gasteiger partial charge in [0.25, 0.3) is 11.8 Å². The summed E-state index contributed by atoms with van der Waals surface area (Å²) in [7, 11) is 3.17. The molecule has 216 valence electrons. The van der Waals surface area contributed by atoms with E-state index in [4.69, 9.17) is 28.8 Å². The maximum absolute atomic E-state index is 12.5. The molecule has 0 fully saturated rings. The lowest BCUT2D eigenvalue weighted by Gasteiger charge is -2.20. The van der Waals surface area contributed by atoms with Crippen molar-refractivity contribution in [1.82, 2.24) is 5.32 Å². The number of amides is 2. The summed E-state index contributed by atoms with van der Waals surface area (Å²) in [5.41, 5.74) is 0.913. The van der Waals surface area contributed by atoms with Crippen LogP contribution in [-0.2, 0) is 11.3 Å². The minimum absolute atomic E-state index is 0.0525. The molecule has 10 heteroatoms. The fourth-order valence-electron chi connectivity index (χ4n) is 3.50. The third-order valence-electron chi connectivity index (χ3n) is 5.70. The van der Waals surface area contributed by atoms with Crippen molar-refractivity contribution in [3.05, 3.63) is 109 Å². The Hall–Kier alpha value is -4.80.